The maximum Gasteiger partial charge on any atom is 0.410 e. The lowest BCUT2D eigenvalue weighted by Crippen LogP contribution is -2.36. The normalized spacial score (nSPS) is 18.5. The average Bonchev–Trinajstić information content (AvgIpc) is 3.05. The lowest BCUT2D eigenvalue weighted by Gasteiger charge is -2.24. The summed E-state index contributed by atoms with van der Waals surface area (Å²) in [7, 11) is 0. The highest BCUT2D eigenvalue weighted by atomic mass is 16.6. The molecule has 6 nitrogen and oxygen atoms in total. The predicted octanol–water partition coefficient (Wildman–Crippen LogP) is 2.73. The molecule has 6 heteroatoms. The van der Waals surface area contributed by atoms with E-state index < -0.39 is 5.60 Å². The van der Waals surface area contributed by atoms with Crippen LogP contribution in [0.25, 0.3) is 0 Å². The van der Waals surface area contributed by atoms with E-state index in [9.17, 15) is 9.59 Å². The van der Waals surface area contributed by atoms with Gasteiger partial charge in [-0.15, -0.1) is 0 Å². The Hall–Kier alpha value is -1.85. The van der Waals surface area contributed by atoms with Crippen molar-refractivity contribution in [1.29, 1.82) is 0 Å². The molecule has 0 bridgehead atoms. The number of nitrogens with zero attached hydrogens (tertiary/aromatic N) is 3. The molecule has 1 amide bonds. The van der Waals surface area contributed by atoms with Crippen molar-refractivity contribution in [3.63, 3.8) is 0 Å². The number of ether oxygens (including phenoxy) is 1. The quantitative estimate of drug-likeness (QED) is 0.802. The molecule has 1 aliphatic rings. The topological polar surface area (TPSA) is 64.4 Å². The second-order valence-corrected chi connectivity index (χ2v) is 6.72. The summed E-state index contributed by atoms with van der Waals surface area (Å²) in [5.74, 6) is -0.100. The molecule has 0 aromatic carbocycles. The van der Waals surface area contributed by atoms with Gasteiger partial charge in [0.2, 0.25) is 0 Å². The van der Waals surface area contributed by atoms with Gasteiger partial charge in [0.05, 0.1) is 0 Å². The summed E-state index contributed by atoms with van der Waals surface area (Å²) >= 11 is 0. The van der Waals surface area contributed by atoms with Crippen molar-refractivity contribution in [2.75, 3.05) is 13.1 Å². The fourth-order valence-corrected chi connectivity index (χ4v) is 2.61. The van der Waals surface area contributed by atoms with E-state index in [1.54, 1.807) is 21.8 Å². The standard InChI is InChI=1S/C16H25N3O3/c1-5-9-19-13(6-8-17-19)14(20)12-7-10-18(11-12)15(21)22-16(2,3)4/h6,8,12H,5,7,9-11H2,1-4H3. The highest BCUT2D eigenvalue weighted by molar-refractivity contribution is 5.97. The largest absolute Gasteiger partial charge is 0.444 e. The number of aryl methyl sites for hydroxylation is 1. The zero-order valence-electron chi connectivity index (χ0n) is 13.8. The molecule has 1 fully saturated rings. The van der Waals surface area contributed by atoms with Crippen LogP contribution >= 0.6 is 0 Å². The number of carbonyl (C=O) groups is 2. The first-order valence-electron chi connectivity index (χ1n) is 7.85. The molecule has 0 aliphatic carbocycles. The number of hydrogen-bond acceptors (Lipinski definition) is 4. The van der Waals surface area contributed by atoms with E-state index in [1.807, 2.05) is 20.8 Å². The Morgan fingerprint density at radius 2 is 2.14 bits per heavy atom. The molecular formula is C16H25N3O3. The number of aromatic nitrogens is 2. The van der Waals surface area contributed by atoms with Gasteiger partial charge in [0.25, 0.3) is 0 Å². The summed E-state index contributed by atoms with van der Waals surface area (Å²) in [5.41, 5.74) is 0.122. The molecule has 0 spiro atoms. The number of ketones is 1. The first kappa shape index (κ1) is 16.5. The Balaban J connectivity index is 1.99. The van der Waals surface area contributed by atoms with E-state index in [0.717, 1.165) is 13.0 Å². The highest BCUT2D eigenvalue weighted by Crippen LogP contribution is 2.23. The van der Waals surface area contributed by atoms with Crippen molar-refractivity contribution < 1.29 is 14.3 Å². The number of likely N-dealkylation sites (tertiary alicyclic amines) is 1. The Morgan fingerprint density at radius 1 is 1.41 bits per heavy atom. The molecule has 22 heavy (non-hydrogen) atoms. The summed E-state index contributed by atoms with van der Waals surface area (Å²) in [4.78, 5) is 26.3. The zero-order chi connectivity index (χ0) is 16.3. The molecule has 2 rings (SSSR count). The van der Waals surface area contributed by atoms with Crippen LogP contribution in [0.2, 0.25) is 0 Å². The average molecular weight is 307 g/mol. The summed E-state index contributed by atoms with van der Waals surface area (Å²) in [5, 5.41) is 4.19. The molecule has 1 atom stereocenters. The summed E-state index contributed by atoms with van der Waals surface area (Å²) in [6.07, 6.45) is 2.92. The minimum Gasteiger partial charge on any atom is -0.444 e. The zero-order valence-corrected chi connectivity index (χ0v) is 13.8. The van der Waals surface area contributed by atoms with Crippen LogP contribution in [0.5, 0.6) is 0 Å². The van der Waals surface area contributed by atoms with E-state index in [2.05, 4.69) is 12.0 Å². The van der Waals surface area contributed by atoms with Crippen LogP contribution in [0.1, 0.15) is 51.0 Å². The summed E-state index contributed by atoms with van der Waals surface area (Å²) in [6, 6.07) is 1.76. The smallest absolute Gasteiger partial charge is 0.410 e. The van der Waals surface area contributed by atoms with Crippen molar-refractivity contribution >= 4 is 11.9 Å². The molecule has 122 valence electrons. The molecule has 0 saturated carbocycles. The third kappa shape index (κ3) is 3.87. The molecule has 1 unspecified atom stereocenters. The van der Waals surface area contributed by atoms with Gasteiger partial charge < -0.3 is 9.64 Å². The Kier molecular flexibility index (Phi) is 4.88. The van der Waals surface area contributed by atoms with Crippen LogP contribution in [0.3, 0.4) is 0 Å². The first-order chi connectivity index (χ1) is 10.3. The second kappa shape index (κ2) is 6.50. The molecule has 1 aromatic heterocycles. The van der Waals surface area contributed by atoms with Gasteiger partial charge in [0.15, 0.2) is 5.78 Å². The number of rotatable bonds is 4. The van der Waals surface area contributed by atoms with Gasteiger partial charge in [0, 0.05) is 31.7 Å². The fourth-order valence-electron chi connectivity index (χ4n) is 2.61. The third-order valence-electron chi connectivity index (χ3n) is 3.62. The van der Waals surface area contributed by atoms with Crippen LogP contribution < -0.4 is 0 Å². The summed E-state index contributed by atoms with van der Waals surface area (Å²) < 4.78 is 7.11. The van der Waals surface area contributed by atoms with E-state index in [1.165, 1.54) is 0 Å². The van der Waals surface area contributed by atoms with E-state index in [0.29, 0.717) is 25.2 Å². The SMILES string of the molecule is CCCn1nccc1C(=O)C1CCN(C(=O)OC(C)(C)C)C1. The number of amides is 1. The van der Waals surface area contributed by atoms with Crippen LogP contribution in [-0.2, 0) is 11.3 Å². The second-order valence-electron chi connectivity index (χ2n) is 6.72. The number of Topliss-reactive ketones (excluding diaryl/α,β-unsaturated/α-hetero) is 1. The van der Waals surface area contributed by atoms with Crippen molar-refractivity contribution in [1.82, 2.24) is 14.7 Å². The van der Waals surface area contributed by atoms with Crippen molar-refractivity contribution in [3.05, 3.63) is 18.0 Å². The van der Waals surface area contributed by atoms with Gasteiger partial charge >= 0.3 is 6.09 Å². The van der Waals surface area contributed by atoms with E-state index >= 15 is 0 Å². The Morgan fingerprint density at radius 3 is 2.77 bits per heavy atom. The number of hydrogen-bond donors (Lipinski definition) is 0. The van der Waals surface area contributed by atoms with Gasteiger partial charge in [-0.05, 0) is 39.7 Å². The van der Waals surface area contributed by atoms with Gasteiger partial charge in [-0.3, -0.25) is 9.48 Å². The van der Waals surface area contributed by atoms with Crippen LogP contribution in [0.15, 0.2) is 12.3 Å². The third-order valence-corrected chi connectivity index (χ3v) is 3.62. The van der Waals surface area contributed by atoms with Gasteiger partial charge in [-0.25, -0.2) is 4.79 Å². The van der Waals surface area contributed by atoms with E-state index in [4.69, 9.17) is 4.74 Å². The number of carbonyl (C=O) groups excluding carboxylic acids is 2. The van der Waals surface area contributed by atoms with Gasteiger partial charge in [0.1, 0.15) is 11.3 Å². The van der Waals surface area contributed by atoms with Gasteiger partial charge in [-0.2, -0.15) is 5.10 Å². The maximum absolute atomic E-state index is 12.6. The molecule has 1 saturated heterocycles. The predicted molar refractivity (Wildman–Crippen MR) is 82.8 cm³/mol. The lowest BCUT2D eigenvalue weighted by molar-refractivity contribution is 0.0289. The summed E-state index contributed by atoms with van der Waals surface area (Å²) in [6.45, 7) is 9.29. The monoisotopic (exact) mass is 307 g/mol. The van der Waals surface area contributed by atoms with Crippen LogP contribution in [-0.4, -0.2) is 45.2 Å². The highest BCUT2D eigenvalue weighted by Gasteiger charge is 2.34. The Labute approximate surface area is 131 Å². The minimum atomic E-state index is -0.515. The molecular weight excluding hydrogens is 282 g/mol. The molecule has 0 radical (unpaired) electrons. The van der Waals surface area contributed by atoms with Crippen molar-refractivity contribution in [2.45, 2.75) is 52.7 Å². The molecule has 1 aromatic rings. The maximum atomic E-state index is 12.6. The first-order valence-corrected chi connectivity index (χ1v) is 7.85. The molecule has 0 N–H and O–H groups in total. The lowest BCUT2D eigenvalue weighted by atomic mass is 10.0. The molecule has 2 heterocycles. The molecule has 1 aliphatic heterocycles. The Bertz CT molecular complexity index is 545. The minimum absolute atomic E-state index is 0.0667. The van der Waals surface area contributed by atoms with Crippen molar-refractivity contribution in [2.24, 2.45) is 5.92 Å². The fraction of sp³-hybridized carbons (Fsp3) is 0.688. The van der Waals surface area contributed by atoms with Crippen LogP contribution in [0.4, 0.5) is 4.79 Å². The van der Waals surface area contributed by atoms with E-state index in [-0.39, 0.29) is 17.8 Å². The van der Waals surface area contributed by atoms with Crippen molar-refractivity contribution in [3.8, 4) is 0 Å². The van der Waals surface area contributed by atoms with Gasteiger partial charge in [-0.1, -0.05) is 6.92 Å². The van der Waals surface area contributed by atoms with Crippen LogP contribution in [0, 0.1) is 5.92 Å².